The maximum absolute atomic E-state index is 11.3. The van der Waals surface area contributed by atoms with Crippen molar-refractivity contribution in [1.29, 1.82) is 0 Å². The summed E-state index contributed by atoms with van der Waals surface area (Å²) in [5, 5.41) is 2.78. The molecule has 0 bridgehead atoms. The first-order valence-corrected chi connectivity index (χ1v) is 5.37. The number of anilines is 1. The van der Waals surface area contributed by atoms with Crippen molar-refractivity contribution >= 4 is 34.2 Å². The van der Waals surface area contributed by atoms with Crippen molar-refractivity contribution in [2.45, 2.75) is 13.8 Å². The highest BCUT2D eigenvalue weighted by Crippen LogP contribution is 2.11. The number of allylic oxidation sites excluding steroid dienone is 1. The Labute approximate surface area is 97.5 Å². The van der Waals surface area contributed by atoms with Gasteiger partial charge in [-0.25, -0.2) is 0 Å². The SMILES string of the molecule is CC(C)=CC(=O)Nc1ccc(I)cc1. The number of hydrogen-bond donors (Lipinski definition) is 1. The van der Waals surface area contributed by atoms with Gasteiger partial charge in [-0.05, 0) is 60.7 Å². The lowest BCUT2D eigenvalue weighted by molar-refractivity contribution is -0.111. The fraction of sp³-hybridized carbons (Fsp3) is 0.182. The third kappa shape index (κ3) is 3.91. The molecule has 1 N–H and O–H groups in total. The molecule has 14 heavy (non-hydrogen) atoms. The molecule has 2 nitrogen and oxygen atoms in total. The Hall–Kier alpha value is -0.840. The van der Waals surface area contributed by atoms with Gasteiger partial charge in [0.1, 0.15) is 0 Å². The van der Waals surface area contributed by atoms with E-state index in [0.29, 0.717) is 0 Å². The quantitative estimate of drug-likeness (QED) is 0.659. The van der Waals surface area contributed by atoms with E-state index in [2.05, 4.69) is 27.9 Å². The molecule has 0 atom stereocenters. The second-order valence-corrected chi connectivity index (χ2v) is 4.46. The molecule has 1 aromatic rings. The lowest BCUT2D eigenvalue weighted by atomic mass is 10.3. The maximum Gasteiger partial charge on any atom is 0.248 e. The van der Waals surface area contributed by atoms with Crippen molar-refractivity contribution in [3.8, 4) is 0 Å². The average molecular weight is 301 g/mol. The normalized spacial score (nSPS) is 9.36. The minimum absolute atomic E-state index is 0.0776. The van der Waals surface area contributed by atoms with Crippen molar-refractivity contribution in [3.63, 3.8) is 0 Å². The van der Waals surface area contributed by atoms with Gasteiger partial charge in [-0.3, -0.25) is 4.79 Å². The molecule has 0 aromatic heterocycles. The summed E-state index contributed by atoms with van der Waals surface area (Å²) >= 11 is 2.23. The number of amides is 1. The van der Waals surface area contributed by atoms with Crippen LogP contribution in [0.4, 0.5) is 5.69 Å². The maximum atomic E-state index is 11.3. The molecule has 0 fully saturated rings. The molecular formula is C11H12INO. The fourth-order valence-corrected chi connectivity index (χ4v) is 1.33. The van der Waals surface area contributed by atoms with Crippen LogP contribution in [0.25, 0.3) is 0 Å². The lowest BCUT2D eigenvalue weighted by Crippen LogP contribution is -2.08. The predicted molar refractivity (Wildman–Crippen MR) is 67.2 cm³/mol. The topological polar surface area (TPSA) is 29.1 Å². The number of nitrogens with one attached hydrogen (secondary N) is 1. The third-order valence-electron chi connectivity index (χ3n) is 1.53. The highest BCUT2D eigenvalue weighted by atomic mass is 127. The first-order valence-electron chi connectivity index (χ1n) is 4.29. The summed E-state index contributed by atoms with van der Waals surface area (Å²) < 4.78 is 1.16. The van der Waals surface area contributed by atoms with Gasteiger partial charge >= 0.3 is 0 Å². The van der Waals surface area contributed by atoms with E-state index in [-0.39, 0.29) is 5.91 Å². The van der Waals surface area contributed by atoms with E-state index >= 15 is 0 Å². The van der Waals surface area contributed by atoms with E-state index in [4.69, 9.17) is 0 Å². The Kier molecular flexibility index (Phi) is 4.13. The van der Waals surface area contributed by atoms with Gasteiger partial charge in [-0.15, -0.1) is 0 Å². The molecule has 74 valence electrons. The summed E-state index contributed by atoms with van der Waals surface area (Å²) in [7, 11) is 0. The molecular weight excluding hydrogens is 289 g/mol. The van der Waals surface area contributed by atoms with E-state index in [9.17, 15) is 4.79 Å². The van der Waals surface area contributed by atoms with Gasteiger partial charge in [0.2, 0.25) is 5.91 Å². The highest BCUT2D eigenvalue weighted by molar-refractivity contribution is 14.1. The Morgan fingerprint density at radius 2 is 1.86 bits per heavy atom. The van der Waals surface area contributed by atoms with Crippen LogP contribution < -0.4 is 5.32 Å². The Morgan fingerprint density at radius 3 is 2.36 bits per heavy atom. The number of benzene rings is 1. The summed E-state index contributed by atoms with van der Waals surface area (Å²) in [6, 6.07) is 7.69. The molecule has 0 aliphatic rings. The summed E-state index contributed by atoms with van der Waals surface area (Å²) in [4.78, 5) is 11.3. The van der Waals surface area contributed by atoms with E-state index in [0.717, 1.165) is 14.8 Å². The van der Waals surface area contributed by atoms with Crippen LogP contribution in [-0.4, -0.2) is 5.91 Å². The zero-order valence-corrected chi connectivity index (χ0v) is 10.3. The standard InChI is InChI=1S/C11H12INO/c1-8(2)7-11(14)13-10-5-3-9(12)4-6-10/h3-7H,1-2H3,(H,13,14). The third-order valence-corrected chi connectivity index (χ3v) is 2.25. The van der Waals surface area contributed by atoms with Crippen LogP contribution in [-0.2, 0) is 4.79 Å². The number of hydrogen-bond acceptors (Lipinski definition) is 1. The molecule has 1 aromatic carbocycles. The van der Waals surface area contributed by atoms with E-state index in [1.165, 1.54) is 0 Å². The highest BCUT2D eigenvalue weighted by Gasteiger charge is 1.97. The molecule has 0 heterocycles. The molecule has 0 saturated heterocycles. The molecule has 0 spiro atoms. The van der Waals surface area contributed by atoms with Crippen molar-refractivity contribution in [2.75, 3.05) is 5.32 Å². The minimum Gasteiger partial charge on any atom is -0.323 e. The van der Waals surface area contributed by atoms with Crippen LogP contribution in [0, 0.1) is 3.57 Å². The Morgan fingerprint density at radius 1 is 1.29 bits per heavy atom. The van der Waals surface area contributed by atoms with Crippen LogP contribution in [0.15, 0.2) is 35.9 Å². The number of rotatable bonds is 2. The van der Waals surface area contributed by atoms with Gasteiger partial charge in [0, 0.05) is 15.3 Å². The van der Waals surface area contributed by atoms with Crippen LogP contribution in [0.3, 0.4) is 0 Å². The zero-order chi connectivity index (χ0) is 10.6. The van der Waals surface area contributed by atoms with Gasteiger partial charge in [0.05, 0.1) is 0 Å². The van der Waals surface area contributed by atoms with Crippen LogP contribution in [0.2, 0.25) is 0 Å². The fourth-order valence-electron chi connectivity index (χ4n) is 0.974. The van der Waals surface area contributed by atoms with Gasteiger partial charge < -0.3 is 5.32 Å². The molecule has 1 rings (SSSR count). The number of carbonyl (C=O) groups excluding carboxylic acids is 1. The summed E-state index contributed by atoms with van der Waals surface area (Å²) in [6.07, 6.45) is 1.58. The predicted octanol–water partition coefficient (Wildman–Crippen LogP) is 3.20. The van der Waals surface area contributed by atoms with Crippen molar-refractivity contribution in [2.24, 2.45) is 0 Å². The Balaban J connectivity index is 2.66. The van der Waals surface area contributed by atoms with E-state index in [1.807, 2.05) is 38.1 Å². The molecule has 1 amide bonds. The van der Waals surface area contributed by atoms with Crippen LogP contribution in [0.1, 0.15) is 13.8 Å². The molecule has 0 aliphatic carbocycles. The number of halogens is 1. The summed E-state index contributed by atoms with van der Waals surface area (Å²) in [5.74, 6) is -0.0776. The van der Waals surface area contributed by atoms with Gasteiger partial charge in [-0.2, -0.15) is 0 Å². The first kappa shape index (κ1) is 11.2. The van der Waals surface area contributed by atoms with Crippen molar-refractivity contribution in [3.05, 3.63) is 39.5 Å². The smallest absolute Gasteiger partial charge is 0.248 e. The van der Waals surface area contributed by atoms with E-state index in [1.54, 1.807) is 6.08 Å². The molecule has 0 aliphatic heterocycles. The second-order valence-electron chi connectivity index (χ2n) is 3.22. The van der Waals surface area contributed by atoms with Crippen molar-refractivity contribution in [1.82, 2.24) is 0 Å². The monoisotopic (exact) mass is 301 g/mol. The second kappa shape index (κ2) is 5.14. The van der Waals surface area contributed by atoms with Gasteiger partial charge in [0.25, 0.3) is 0 Å². The Bertz CT molecular complexity index is 350. The van der Waals surface area contributed by atoms with E-state index < -0.39 is 0 Å². The average Bonchev–Trinajstić information content (AvgIpc) is 2.07. The molecule has 3 heteroatoms. The summed E-state index contributed by atoms with van der Waals surface area (Å²) in [6.45, 7) is 3.79. The zero-order valence-electron chi connectivity index (χ0n) is 8.17. The molecule has 0 radical (unpaired) electrons. The molecule has 0 unspecified atom stereocenters. The minimum atomic E-state index is -0.0776. The number of carbonyl (C=O) groups is 1. The largest absolute Gasteiger partial charge is 0.323 e. The van der Waals surface area contributed by atoms with Gasteiger partial charge in [0.15, 0.2) is 0 Å². The van der Waals surface area contributed by atoms with Crippen molar-refractivity contribution < 1.29 is 4.79 Å². The molecule has 0 saturated carbocycles. The van der Waals surface area contributed by atoms with Crippen LogP contribution >= 0.6 is 22.6 Å². The van der Waals surface area contributed by atoms with Gasteiger partial charge in [-0.1, -0.05) is 5.57 Å². The summed E-state index contributed by atoms with van der Waals surface area (Å²) in [5.41, 5.74) is 1.82. The first-order chi connectivity index (χ1) is 6.58. The lowest BCUT2D eigenvalue weighted by Gasteiger charge is -2.01. The van der Waals surface area contributed by atoms with Crippen LogP contribution in [0.5, 0.6) is 0 Å².